The molecule has 3 heterocycles. The summed E-state index contributed by atoms with van der Waals surface area (Å²) in [6.07, 6.45) is -7.73. The van der Waals surface area contributed by atoms with Crippen LogP contribution in [-0.2, 0) is 6.18 Å². The molecule has 5 nitrogen and oxygen atoms in total. The lowest BCUT2D eigenvalue weighted by Crippen LogP contribution is -2.14. The highest BCUT2D eigenvalue weighted by Gasteiger charge is 2.39. The van der Waals surface area contributed by atoms with Crippen LogP contribution in [0.4, 0.5) is 27.6 Å². The predicted molar refractivity (Wildman–Crippen MR) is 84.3 cm³/mol. The quantitative estimate of drug-likeness (QED) is 0.646. The molecular weight excluding hydrogens is 379 g/mol. The van der Waals surface area contributed by atoms with E-state index in [0.29, 0.717) is 15.1 Å². The predicted octanol–water partition coefficient (Wildman–Crippen LogP) is 4.17. The van der Waals surface area contributed by atoms with E-state index in [1.807, 2.05) is 0 Å². The third-order valence-corrected chi connectivity index (χ3v) is 4.68. The van der Waals surface area contributed by atoms with Gasteiger partial charge in [-0.1, -0.05) is 11.8 Å². The lowest BCUT2D eigenvalue weighted by atomic mass is 10.2. The number of imidazole rings is 1. The lowest BCUT2D eigenvalue weighted by Gasteiger charge is -2.12. The van der Waals surface area contributed by atoms with Gasteiger partial charge in [0.1, 0.15) is 11.2 Å². The fraction of sp³-hybridized carbons (Fsp3) is 0.200. The number of rotatable bonds is 2. The van der Waals surface area contributed by atoms with Crippen molar-refractivity contribution in [1.29, 1.82) is 0 Å². The van der Waals surface area contributed by atoms with Crippen molar-refractivity contribution in [2.24, 2.45) is 0 Å². The molecule has 0 saturated heterocycles. The number of hydrogen-bond donors (Lipinski definition) is 2. The number of nitrogens with zero attached hydrogens (tertiary/aromatic N) is 3. The minimum atomic E-state index is -4.81. The lowest BCUT2D eigenvalue weighted by molar-refractivity contribution is -0.145. The molecule has 26 heavy (non-hydrogen) atoms. The summed E-state index contributed by atoms with van der Waals surface area (Å²) in [6.45, 7) is 0. The van der Waals surface area contributed by atoms with Gasteiger partial charge in [-0.3, -0.25) is 4.57 Å². The number of aromatic nitrogens is 3. The molecule has 1 aliphatic heterocycles. The SMILES string of the molecule is OC1Nc2ccc(-n3c(C(F)(F)F)nc4ccc(C(F)F)nc43)cc2S1. The zero-order valence-electron chi connectivity index (χ0n) is 12.6. The van der Waals surface area contributed by atoms with Crippen LogP contribution in [-0.4, -0.2) is 25.2 Å². The molecule has 4 rings (SSSR count). The summed E-state index contributed by atoms with van der Waals surface area (Å²) in [4.78, 5) is 7.72. The fourth-order valence-electron chi connectivity index (χ4n) is 2.68. The van der Waals surface area contributed by atoms with Crippen molar-refractivity contribution in [2.45, 2.75) is 23.1 Å². The summed E-state index contributed by atoms with van der Waals surface area (Å²) < 4.78 is 66.9. The Hall–Kier alpha value is -2.40. The maximum Gasteiger partial charge on any atom is 0.450 e. The van der Waals surface area contributed by atoms with Gasteiger partial charge in [-0.25, -0.2) is 18.7 Å². The van der Waals surface area contributed by atoms with E-state index in [0.717, 1.165) is 23.9 Å². The zero-order valence-corrected chi connectivity index (χ0v) is 13.4. The van der Waals surface area contributed by atoms with Gasteiger partial charge < -0.3 is 10.4 Å². The Morgan fingerprint density at radius 1 is 1.15 bits per heavy atom. The van der Waals surface area contributed by atoms with Gasteiger partial charge in [0.15, 0.2) is 11.2 Å². The second-order valence-electron chi connectivity index (χ2n) is 5.44. The highest BCUT2D eigenvalue weighted by atomic mass is 32.2. The summed E-state index contributed by atoms with van der Waals surface area (Å²) in [5.74, 6) is -1.26. The first-order valence-electron chi connectivity index (χ1n) is 7.24. The van der Waals surface area contributed by atoms with E-state index >= 15 is 0 Å². The summed E-state index contributed by atoms with van der Waals surface area (Å²) in [5.41, 5.74) is -1.39. The number of fused-ring (bicyclic) bond motifs is 2. The summed E-state index contributed by atoms with van der Waals surface area (Å²) >= 11 is 1.02. The topological polar surface area (TPSA) is 63.0 Å². The average molecular weight is 388 g/mol. The van der Waals surface area contributed by atoms with Gasteiger partial charge in [0, 0.05) is 4.90 Å². The first-order valence-corrected chi connectivity index (χ1v) is 8.12. The van der Waals surface area contributed by atoms with Crippen LogP contribution in [0.15, 0.2) is 35.2 Å². The Morgan fingerprint density at radius 3 is 2.62 bits per heavy atom. The van der Waals surface area contributed by atoms with Crippen molar-refractivity contribution in [3.63, 3.8) is 0 Å². The first-order chi connectivity index (χ1) is 12.2. The van der Waals surface area contributed by atoms with Crippen molar-refractivity contribution in [3.8, 4) is 5.69 Å². The normalized spacial score (nSPS) is 17.0. The van der Waals surface area contributed by atoms with E-state index in [4.69, 9.17) is 0 Å². The number of alkyl halides is 5. The number of pyridine rings is 1. The van der Waals surface area contributed by atoms with E-state index in [2.05, 4.69) is 15.3 Å². The van der Waals surface area contributed by atoms with Crippen molar-refractivity contribution < 1.29 is 27.1 Å². The van der Waals surface area contributed by atoms with Crippen molar-refractivity contribution in [1.82, 2.24) is 14.5 Å². The van der Waals surface area contributed by atoms with Gasteiger partial charge >= 0.3 is 6.18 Å². The number of benzene rings is 1. The third kappa shape index (κ3) is 2.76. The van der Waals surface area contributed by atoms with E-state index < -0.39 is 29.7 Å². The number of aliphatic hydroxyl groups excluding tert-OH is 1. The Labute approximate surface area is 146 Å². The molecule has 1 aromatic carbocycles. The molecule has 2 aromatic heterocycles. The van der Waals surface area contributed by atoms with Crippen LogP contribution in [0.1, 0.15) is 17.9 Å². The van der Waals surface area contributed by atoms with E-state index in [9.17, 15) is 27.1 Å². The molecule has 0 aliphatic carbocycles. The van der Waals surface area contributed by atoms with E-state index in [-0.39, 0.29) is 16.9 Å². The van der Waals surface area contributed by atoms with Gasteiger partial charge in [-0.05, 0) is 30.3 Å². The van der Waals surface area contributed by atoms with Crippen LogP contribution in [0.2, 0.25) is 0 Å². The number of hydrogen-bond acceptors (Lipinski definition) is 5. The van der Waals surface area contributed by atoms with E-state index in [1.54, 1.807) is 0 Å². The van der Waals surface area contributed by atoms with Gasteiger partial charge in [0.25, 0.3) is 6.43 Å². The number of aliphatic hydroxyl groups is 1. The van der Waals surface area contributed by atoms with Crippen LogP contribution < -0.4 is 5.32 Å². The summed E-state index contributed by atoms with van der Waals surface area (Å²) in [7, 11) is 0. The van der Waals surface area contributed by atoms with E-state index in [1.165, 1.54) is 18.2 Å². The van der Waals surface area contributed by atoms with Crippen molar-refractivity contribution >= 4 is 28.6 Å². The average Bonchev–Trinajstić information content (AvgIpc) is 3.12. The molecule has 136 valence electrons. The number of thioether (sulfide) groups is 1. The molecule has 1 unspecified atom stereocenters. The molecule has 11 heteroatoms. The smallest absolute Gasteiger partial charge is 0.364 e. The Kier molecular flexibility index (Phi) is 3.81. The molecule has 1 atom stereocenters. The number of nitrogens with one attached hydrogen (secondary N) is 1. The van der Waals surface area contributed by atoms with Crippen LogP contribution in [0.25, 0.3) is 16.9 Å². The molecule has 0 amide bonds. The van der Waals surface area contributed by atoms with Crippen molar-refractivity contribution in [3.05, 3.63) is 41.9 Å². The first kappa shape index (κ1) is 17.0. The molecule has 0 bridgehead atoms. The van der Waals surface area contributed by atoms with Gasteiger partial charge in [-0.2, -0.15) is 13.2 Å². The van der Waals surface area contributed by atoms with Crippen LogP contribution >= 0.6 is 11.8 Å². The van der Waals surface area contributed by atoms with Crippen LogP contribution in [0.5, 0.6) is 0 Å². The largest absolute Gasteiger partial charge is 0.450 e. The number of halogens is 5. The second kappa shape index (κ2) is 5.81. The molecule has 1 aliphatic rings. The van der Waals surface area contributed by atoms with Gasteiger partial charge in [0.05, 0.1) is 11.4 Å². The van der Waals surface area contributed by atoms with Crippen LogP contribution in [0.3, 0.4) is 0 Å². The number of anilines is 1. The zero-order chi connectivity index (χ0) is 18.6. The Bertz CT molecular complexity index is 1000. The highest BCUT2D eigenvalue weighted by Crippen LogP contribution is 2.40. The Balaban J connectivity index is 1.98. The monoisotopic (exact) mass is 388 g/mol. The molecular formula is C15H9F5N4OS. The standard InChI is InChI=1S/C15H9F5N4OS/c16-11(17)8-3-4-9-12(21-8)24(13(22-9)15(18,19)20)6-1-2-7-10(5-6)26-14(25)23-7/h1-5,11,14,23,25H. The molecule has 3 aromatic rings. The minimum Gasteiger partial charge on any atom is -0.364 e. The summed E-state index contributed by atoms with van der Waals surface area (Å²) in [6, 6.07) is 6.32. The molecule has 0 saturated carbocycles. The van der Waals surface area contributed by atoms with Crippen molar-refractivity contribution in [2.75, 3.05) is 5.32 Å². The summed E-state index contributed by atoms with van der Waals surface area (Å²) in [5, 5.41) is 12.3. The highest BCUT2D eigenvalue weighted by molar-refractivity contribution is 8.00. The molecule has 0 spiro atoms. The van der Waals surface area contributed by atoms with Crippen LogP contribution in [0, 0.1) is 0 Å². The fourth-order valence-corrected chi connectivity index (χ4v) is 3.55. The maximum absolute atomic E-state index is 13.5. The van der Waals surface area contributed by atoms with Gasteiger partial charge in [-0.15, -0.1) is 0 Å². The second-order valence-corrected chi connectivity index (χ2v) is 6.57. The molecule has 0 radical (unpaired) electrons. The molecule has 2 N–H and O–H groups in total. The minimum absolute atomic E-state index is 0.0564. The van der Waals surface area contributed by atoms with Gasteiger partial charge in [0.2, 0.25) is 5.82 Å². The maximum atomic E-state index is 13.5. The third-order valence-electron chi connectivity index (χ3n) is 3.74. The molecule has 0 fully saturated rings. The Morgan fingerprint density at radius 2 is 1.92 bits per heavy atom.